The fourth-order valence-electron chi connectivity index (χ4n) is 1.43. The van der Waals surface area contributed by atoms with Crippen molar-refractivity contribution in [3.63, 3.8) is 0 Å². The maximum atomic E-state index is 11.9. The Balaban J connectivity index is 0.00000128. The molecule has 0 radical (unpaired) electrons. The summed E-state index contributed by atoms with van der Waals surface area (Å²) in [6, 6.07) is 5.03. The molecule has 1 aromatic carbocycles. The zero-order chi connectivity index (χ0) is 10.8. The average molecular weight is 260 g/mol. The normalized spacial score (nSPS) is 10.1. The van der Waals surface area contributed by atoms with Crippen molar-refractivity contribution in [1.29, 1.82) is 0 Å². The molecule has 0 saturated heterocycles. The Morgan fingerprint density at radius 2 is 2.19 bits per heavy atom. The van der Waals surface area contributed by atoms with Crippen LogP contribution in [0.15, 0.2) is 29.3 Å². The number of aromatic nitrogens is 2. The van der Waals surface area contributed by atoms with Gasteiger partial charge in [0.2, 0.25) is 0 Å². The molecule has 16 heavy (non-hydrogen) atoms. The van der Waals surface area contributed by atoms with Crippen LogP contribution < -0.4 is 11.3 Å². The summed E-state index contributed by atoms with van der Waals surface area (Å²) in [5, 5.41) is 1.14. The fourth-order valence-corrected chi connectivity index (χ4v) is 1.60. The highest BCUT2D eigenvalue weighted by atomic mass is 35.5. The predicted octanol–water partition coefficient (Wildman–Crippen LogP) is 1.43. The van der Waals surface area contributed by atoms with Crippen LogP contribution in [0.1, 0.15) is 0 Å². The molecule has 0 unspecified atom stereocenters. The molecule has 0 aliphatic heterocycles. The molecule has 2 N–H and O–H groups in total. The Bertz CT molecular complexity index is 553. The van der Waals surface area contributed by atoms with E-state index in [4.69, 9.17) is 17.3 Å². The molecule has 6 heteroatoms. The second kappa shape index (κ2) is 5.30. The van der Waals surface area contributed by atoms with E-state index in [-0.39, 0.29) is 18.0 Å². The van der Waals surface area contributed by atoms with Crippen LogP contribution in [0.5, 0.6) is 0 Å². The van der Waals surface area contributed by atoms with Crippen LogP contribution >= 0.6 is 24.0 Å². The zero-order valence-corrected chi connectivity index (χ0v) is 9.96. The van der Waals surface area contributed by atoms with Crippen LogP contribution in [-0.2, 0) is 6.54 Å². The van der Waals surface area contributed by atoms with Gasteiger partial charge in [-0.15, -0.1) is 12.4 Å². The minimum Gasteiger partial charge on any atom is -0.329 e. The number of halogens is 2. The van der Waals surface area contributed by atoms with E-state index in [1.165, 1.54) is 10.9 Å². The van der Waals surface area contributed by atoms with Gasteiger partial charge in [-0.3, -0.25) is 9.36 Å². The van der Waals surface area contributed by atoms with E-state index < -0.39 is 0 Å². The van der Waals surface area contributed by atoms with Gasteiger partial charge in [-0.1, -0.05) is 11.6 Å². The van der Waals surface area contributed by atoms with Gasteiger partial charge >= 0.3 is 0 Å². The van der Waals surface area contributed by atoms with Crippen molar-refractivity contribution in [3.8, 4) is 0 Å². The largest absolute Gasteiger partial charge is 0.329 e. The summed E-state index contributed by atoms with van der Waals surface area (Å²) >= 11 is 5.80. The lowest BCUT2D eigenvalue weighted by Gasteiger charge is -2.04. The van der Waals surface area contributed by atoms with Crippen molar-refractivity contribution in [1.82, 2.24) is 9.55 Å². The average Bonchev–Trinajstić information content (AvgIpc) is 2.22. The van der Waals surface area contributed by atoms with Crippen LogP contribution in [0.3, 0.4) is 0 Å². The van der Waals surface area contributed by atoms with E-state index in [0.717, 1.165) is 0 Å². The number of nitrogens with zero attached hydrogens (tertiary/aromatic N) is 2. The summed E-state index contributed by atoms with van der Waals surface area (Å²) in [6.45, 7) is 0.894. The van der Waals surface area contributed by atoms with Crippen LogP contribution in [0, 0.1) is 0 Å². The highest BCUT2D eigenvalue weighted by molar-refractivity contribution is 6.31. The van der Waals surface area contributed by atoms with E-state index in [1.54, 1.807) is 18.2 Å². The Labute approximate surface area is 103 Å². The van der Waals surface area contributed by atoms with Gasteiger partial charge in [0, 0.05) is 18.1 Å². The van der Waals surface area contributed by atoms with Crippen molar-refractivity contribution >= 4 is 34.9 Å². The van der Waals surface area contributed by atoms with Crippen molar-refractivity contribution in [2.24, 2.45) is 5.73 Å². The Morgan fingerprint density at radius 1 is 1.44 bits per heavy atom. The first-order chi connectivity index (χ1) is 7.22. The lowest BCUT2D eigenvalue weighted by molar-refractivity contribution is 0.673. The smallest absolute Gasteiger partial charge is 0.261 e. The third-order valence-corrected chi connectivity index (χ3v) is 2.39. The first-order valence-corrected chi connectivity index (χ1v) is 4.95. The van der Waals surface area contributed by atoms with Crippen LogP contribution in [-0.4, -0.2) is 16.1 Å². The first-order valence-electron chi connectivity index (χ1n) is 4.57. The summed E-state index contributed by atoms with van der Waals surface area (Å²) in [4.78, 5) is 16.0. The Hall–Kier alpha value is -1.10. The van der Waals surface area contributed by atoms with E-state index >= 15 is 0 Å². The summed E-state index contributed by atoms with van der Waals surface area (Å²) in [6.07, 6.45) is 1.49. The van der Waals surface area contributed by atoms with Gasteiger partial charge in [0.15, 0.2) is 0 Å². The molecule has 0 spiro atoms. The van der Waals surface area contributed by atoms with Gasteiger partial charge in [-0.25, -0.2) is 4.98 Å². The third kappa shape index (κ3) is 2.35. The molecule has 0 aliphatic rings. The standard InChI is InChI=1S/C10H10ClN3O.ClH/c11-7-1-2-8-9(5-7)13-6-14(4-3-12)10(8)15;/h1-2,5-6H,3-4,12H2;1H. The monoisotopic (exact) mass is 259 g/mol. The predicted molar refractivity (Wildman–Crippen MR) is 67.3 cm³/mol. The molecule has 0 fully saturated rings. The molecular weight excluding hydrogens is 249 g/mol. The van der Waals surface area contributed by atoms with Gasteiger partial charge in [0.1, 0.15) is 0 Å². The zero-order valence-electron chi connectivity index (χ0n) is 8.39. The molecule has 2 aromatic rings. The Morgan fingerprint density at radius 3 is 2.88 bits per heavy atom. The third-order valence-electron chi connectivity index (χ3n) is 2.16. The molecule has 1 heterocycles. The molecule has 0 saturated carbocycles. The van der Waals surface area contributed by atoms with E-state index in [9.17, 15) is 4.79 Å². The van der Waals surface area contributed by atoms with Crippen molar-refractivity contribution in [2.45, 2.75) is 6.54 Å². The highest BCUT2D eigenvalue weighted by Crippen LogP contribution is 2.13. The highest BCUT2D eigenvalue weighted by Gasteiger charge is 2.03. The van der Waals surface area contributed by atoms with Gasteiger partial charge in [-0.2, -0.15) is 0 Å². The quantitative estimate of drug-likeness (QED) is 0.888. The number of benzene rings is 1. The number of fused-ring (bicyclic) bond motifs is 1. The number of nitrogens with two attached hydrogens (primary N) is 1. The van der Waals surface area contributed by atoms with E-state index in [0.29, 0.717) is 29.0 Å². The molecule has 86 valence electrons. The van der Waals surface area contributed by atoms with Gasteiger partial charge in [0.25, 0.3) is 5.56 Å². The van der Waals surface area contributed by atoms with Crippen molar-refractivity contribution in [2.75, 3.05) is 6.54 Å². The lowest BCUT2D eigenvalue weighted by atomic mass is 10.2. The molecule has 0 amide bonds. The topological polar surface area (TPSA) is 60.9 Å². The van der Waals surface area contributed by atoms with Gasteiger partial charge < -0.3 is 5.73 Å². The molecular formula is C10H11Cl2N3O. The summed E-state index contributed by atoms with van der Waals surface area (Å²) < 4.78 is 1.50. The molecule has 0 bridgehead atoms. The second-order valence-corrected chi connectivity index (χ2v) is 3.63. The minimum atomic E-state index is -0.0814. The summed E-state index contributed by atoms with van der Waals surface area (Å²) in [7, 11) is 0. The van der Waals surface area contributed by atoms with Crippen molar-refractivity contribution in [3.05, 3.63) is 39.9 Å². The molecule has 4 nitrogen and oxygen atoms in total. The summed E-state index contributed by atoms with van der Waals surface area (Å²) in [5.41, 5.74) is 5.92. The molecule has 1 aromatic heterocycles. The maximum Gasteiger partial charge on any atom is 0.261 e. The fraction of sp³-hybridized carbons (Fsp3) is 0.200. The maximum absolute atomic E-state index is 11.9. The lowest BCUT2D eigenvalue weighted by Crippen LogP contribution is -2.24. The van der Waals surface area contributed by atoms with Gasteiger partial charge in [-0.05, 0) is 18.2 Å². The molecule has 0 atom stereocenters. The Kier molecular flexibility index (Phi) is 4.29. The number of hydrogen-bond acceptors (Lipinski definition) is 3. The minimum absolute atomic E-state index is 0. The SMILES string of the molecule is Cl.NCCn1cnc2cc(Cl)ccc2c1=O. The first kappa shape index (κ1) is 13.0. The number of rotatable bonds is 2. The molecule has 0 aliphatic carbocycles. The van der Waals surface area contributed by atoms with Gasteiger partial charge in [0.05, 0.1) is 17.2 Å². The van der Waals surface area contributed by atoms with Crippen LogP contribution in [0.25, 0.3) is 10.9 Å². The summed E-state index contributed by atoms with van der Waals surface area (Å²) in [5.74, 6) is 0. The molecule has 2 rings (SSSR count). The van der Waals surface area contributed by atoms with E-state index in [1.807, 2.05) is 0 Å². The van der Waals surface area contributed by atoms with Crippen molar-refractivity contribution < 1.29 is 0 Å². The second-order valence-electron chi connectivity index (χ2n) is 3.19. The van der Waals surface area contributed by atoms with Crippen LogP contribution in [0.2, 0.25) is 5.02 Å². The number of hydrogen-bond donors (Lipinski definition) is 1. The van der Waals surface area contributed by atoms with E-state index in [2.05, 4.69) is 4.98 Å². The van der Waals surface area contributed by atoms with Crippen LogP contribution in [0.4, 0.5) is 0 Å².